The zero-order valence-corrected chi connectivity index (χ0v) is 18.7. The van der Waals surface area contributed by atoms with Crippen LogP contribution in [0.3, 0.4) is 0 Å². The van der Waals surface area contributed by atoms with Gasteiger partial charge in [0.15, 0.2) is 5.16 Å². The van der Waals surface area contributed by atoms with Crippen molar-refractivity contribution in [1.29, 1.82) is 0 Å². The van der Waals surface area contributed by atoms with Gasteiger partial charge >= 0.3 is 0 Å². The largest absolute Gasteiger partial charge is 0.344 e. The molecule has 0 fully saturated rings. The molecule has 0 radical (unpaired) electrons. The van der Waals surface area contributed by atoms with Gasteiger partial charge < -0.3 is 10.3 Å². The summed E-state index contributed by atoms with van der Waals surface area (Å²) in [5.41, 5.74) is 3.33. The van der Waals surface area contributed by atoms with E-state index in [4.69, 9.17) is 0 Å². The highest BCUT2D eigenvalue weighted by molar-refractivity contribution is 8.00. The number of amides is 1. The molecule has 8 heteroatoms. The van der Waals surface area contributed by atoms with Crippen molar-refractivity contribution in [1.82, 2.24) is 15.3 Å². The van der Waals surface area contributed by atoms with Crippen LogP contribution in [-0.4, -0.2) is 26.0 Å². The van der Waals surface area contributed by atoms with E-state index in [-0.39, 0.29) is 17.6 Å². The summed E-state index contributed by atoms with van der Waals surface area (Å²) in [5, 5.41) is 14.3. The molecule has 4 rings (SSSR count). The molecule has 33 heavy (non-hydrogen) atoms. The normalized spacial score (nSPS) is 11.8. The van der Waals surface area contributed by atoms with Crippen LogP contribution in [0.2, 0.25) is 0 Å². The smallest absolute Gasteiger partial charge is 0.270 e. The van der Waals surface area contributed by atoms with E-state index in [1.807, 2.05) is 67.6 Å². The van der Waals surface area contributed by atoms with Crippen LogP contribution < -0.4 is 5.32 Å². The number of non-ortho nitro benzene ring substituents is 1. The lowest BCUT2D eigenvalue weighted by Crippen LogP contribution is -2.35. The molecule has 0 aliphatic carbocycles. The first-order valence-electron chi connectivity index (χ1n) is 10.4. The van der Waals surface area contributed by atoms with Gasteiger partial charge in [-0.1, -0.05) is 84.6 Å². The number of thioether (sulfide) groups is 1. The van der Waals surface area contributed by atoms with E-state index in [1.54, 1.807) is 18.3 Å². The van der Waals surface area contributed by atoms with Crippen molar-refractivity contribution in [2.24, 2.45) is 0 Å². The average molecular weight is 459 g/mol. The third-order valence-corrected chi connectivity index (χ3v) is 6.13. The molecule has 1 atom stereocenters. The number of aromatic nitrogens is 2. The fourth-order valence-electron chi connectivity index (χ4n) is 3.43. The molecule has 4 aromatic rings. The number of imidazole rings is 1. The molecule has 0 spiro atoms. The van der Waals surface area contributed by atoms with Gasteiger partial charge in [0.2, 0.25) is 5.91 Å². The monoisotopic (exact) mass is 458 g/mol. The van der Waals surface area contributed by atoms with Crippen LogP contribution in [0.25, 0.3) is 11.3 Å². The molecule has 166 valence electrons. The second-order valence-electron chi connectivity index (χ2n) is 7.43. The lowest BCUT2D eigenvalue weighted by molar-refractivity contribution is -0.384. The van der Waals surface area contributed by atoms with Crippen LogP contribution in [0.15, 0.2) is 96.3 Å². The second kappa shape index (κ2) is 10.1. The molecular formula is C25H22N4O3S. The van der Waals surface area contributed by atoms with Gasteiger partial charge in [0.05, 0.1) is 28.1 Å². The molecule has 0 aliphatic rings. The number of nitrogens with zero attached hydrogens (tertiary/aromatic N) is 2. The molecule has 0 saturated heterocycles. The number of aromatic amines is 1. The summed E-state index contributed by atoms with van der Waals surface area (Å²) in [6.07, 6.45) is 1.61. The van der Waals surface area contributed by atoms with Crippen LogP contribution in [0.5, 0.6) is 0 Å². The Morgan fingerprint density at radius 2 is 1.64 bits per heavy atom. The molecule has 0 aliphatic heterocycles. The van der Waals surface area contributed by atoms with E-state index in [0.29, 0.717) is 16.4 Å². The molecule has 2 N–H and O–H groups in total. The van der Waals surface area contributed by atoms with Gasteiger partial charge in [-0.05, 0) is 18.1 Å². The Morgan fingerprint density at radius 1 is 1.00 bits per heavy atom. The lowest BCUT2D eigenvalue weighted by atomic mass is 9.98. The van der Waals surface area contributed by atoms with E-state index in [0.717, 1.165) is 11.1 Å². The van der Waals surface area contributed by atoms with Crippen molar-refractivity contribution in [2.75, 3.05) is 0 Å². The Balaban J connectivity index is 1.47. The second-order valence-corrected chi connectivity index (χ2v) is 8.76. The molecule has 1 amide bonds. The molecule has 7 nitrogen and oxygen atoms in total. The Hall–Kier alpha value is -3.91. The Labute approximate surface area is 195 Å². The van der Waals surface area contributed by atoms with Gasteiger partial charge in [-0.3, -0.25) is 14.9 Å². The van der Waals surface area contributed by atoms with Crippen molar-refractivity contribution in [3.63, 3.8) is 0 Å². The zero-order chi connectivity index (χ0) is 23.2. The summed E-state index contributed by atoms with van der Waals surface area (Å²) in [5.74, 6) is -0.119. The number of carbonyl (C=O) groups is 1. The highest BCUT2D eigenvalue weighted by Crippen LogP contribution is 2.28. The highest BCUT2D eigenvalue weighted by Gasteiger charge is 2.22. The molecule has 3 aromatic carbocycles. The number of H-pyrrole nitrogens is 1. The van der Waals surface area contributed by atoms with Crippen LogP contribution in [-0.2, 0) is 4.79 Å². The highest BCUT2D eigenvalue weighted by atomic mass is 32.2. The SMILES string of the molecule is C[C@@H](Sc1ncc(-c2cccc([N+](=O)[O-])c2)[nH]1)C(=O)NC(c1ccccc1)c1ccccc1. The van der Waals surface area contributed by atoms with Crippen LogP contribution in [0.1, 0.15) is 24.1 Å². The third-order valence-electron chi connectivity index (χ3n) is 5.13. The van der Waals surface area contributed by atoms with E-state index >= 15 is 0 Å². The zero-order valence-electron chi connectivity index (χ0n) is 17.8. The summed E-state index contributed by atoms with van der Waals surface area (Å²) in [6, 6.07) is 25.7. The fraction of sp³-hybridized carbons (Fsp3) is 0.120. The summed E-state index contributed by atoms with van der Waals surface area (Å²) >= 11 is 1.30. The minimum Gasteiger partial charge on any atom is -0.344 e. The van der Waals surface area contributed by atoms with Crippen LogP contribution >= 0.6 is 11.8 Å². The summed E-state index contributed by atoms with van der Waals surface area (Å²) in [4.78, 5) is 31.1. The lowest BCUT2D eigenvalue weighted by Gasteiger charge is -2.21. The van der Waals surface area contributed by atoms with E-state index < -0.39 is 10.2 Å². The van der Waals surface area contributed by atoms with Crippen molar-refractivity contribution in [3.05, 3.63) is 112 Å². The first-order chi connectivity index (χ1) is 16.0. The van der Waals surface area contributed by atoms with E-state index in [1.165, 1.54) is 23.9 Å². The van der Waals surface area contributed by atoms with Gasteiger partial charge in [-0.2, -0.15) is 0 Å². The minimum atomic E-state index is -0.433. The maximum Gasteiger partial charge on any atom is 0.270 e. The topological polar surface area (TPSA) is 101 Å². The van der Waals surface area contributed by atoms with Crippen molar-refractivity contribution in [3.8, 4) is 11.3 Å². The third kappa shape index (κ3) is 5.48. The Bertz CT molecular complexity index is 1210. The van der Waals surface area contributed by atoms with Crippen LogP contribution in [0.4, 0.5) is 5.69 Å². The number of nitro groups is 1. The van der Waals surface area contributed by atoms with Gasteiger partial charge in [0.25, 0.3) is 5.69 Å². The number of nitro benzene ring substituents is 1. The Kier molecular flexibility index (Phi) is 6.85. The predicted octanol–water partition coefficient (Wildman–Crippen LogP) is 5.37. The van der Waals surface area contributed by atoms with Gasteiger partial charge in [-0.15, -0.1) is 0 Å². The van der Waals surface area contributed by atoms with Gasteiger partial charge in [-0.25, -0.2) is 4.98 Å². The Morgan fingerprint density at radius 3 is 2.24 bits per heavy atom. The first-order valence-corrected chi connectivity index (χ1v) is 11.3. The maximum atomic E-state index is 13.1. The minimum absolute atomic E-state index is 0.0110. The van der Waals surface area contributed by atoms with Crippen molar-refractivity contribution < 1.29 is 9.72 Å². The quantitative estimate of drug-likeness (QED) is 0.210. The maximum absolute atomic E-state index is 13.1. The number of nitrogens with one attached hydrogen (secondary N) is 2. The van der Waals surface area contributed by atoms with Gasteiger partial charge in [0, 0.05) is 17.7 Å². The van der Waals surface area contributed by atoms with E-state index in [2.05, 4.69) is 15.3 Å². The number of rotatable bonds is 8. The molecular weight excluding hydrogens is 436 g/mol. The number of benzene rings is 3. The summed E-state index contributed by atoms with van der Waals surface area (Å²) in [7, 11) is 0. The first kappa shape index (κ1) is 22.3. The number of carbonyl (C=O) groups excluding carboxylic acids is 1. The molecule has 0 unspecified atom stereocenters. The average Bonchev–Trinajstić information content (AvgIpc) is 3.32. The predicted molar refractivity (Wildman–Crippen MR) is 129 cm³/mol. The molecule has 1 heterocycles. The van der Waals surface area contributed by atoms with Crippen molar-refractivity contribution in [2.45, 2.75) is 23.4 Å². The van der Waals surface area contributed by atoms with Crippen LogP contribution in [0, 0.1) is 10.1 Å². The van der Waals surface area contributed by atoms with E-state index in [9.17, 15) is 14.9 Å². The number of hydrogen-bond donors (Lipinski definition) is 2. The number of hydrogen-bond acceptors (Lipinski definition) is 5. The summed E-state index contributed by atoms with van der Waals surface area (Å²) < 4.78 is 0. The molecule has 1 aromatic heterocycles. The standard InChI is InChI=1S/C25H22N4O3S/c1-17(33-25-26-16-22(27-25)20-13-8-14-21(15-20)29(31)32)24(30)28-23(18-9-4-2-5-10-18)19-11-6-3-7-12-19/h2-17,23H,1H3,(H,26,27)(H,28,30)/t17-/m1/s1. The van der Waals surface area contributed by atoms with Gasteiger partial charge in [0.1, 0.15) is 0 Å². The molecule has 0 saturated carbocycles. The fourth-order valence-corrected chi connectivity index (χ4v) is 4.22. The summed E-state index contributed by atoms with van der Waals surface area (Å²) in [6.45, 7) is 1.82. The van der Waals surface area contributed by atoms with Crippen molar-refractivity contribution >= 4 is 23.4 Å². The molecule has 0 bridgehead atoms.